The third kappa shape index (κ3) is 7.27. The SMILES string of the molecule is CCc1nc2ccccc2n1CCC(=O)N1CCCNC(=O)[C@@H](Cc2c[nH]c3ccccc23)NC(=O)[C@H](C)NC(=O)CCC1. The van der Waals surface area contributed by atoms with Gasteiger partial charge in [-0.15, -0.1) is 0 Å². The number of nitrogens with zero attached hydrogens (tertiary/aromatic N) is 3. The molecular formula is C33H41N7O4. The largest absolute Gasteiger partial charge is 0.361 e. The van der Waals surface area contributed by atoms with Crippen LogP contribution in [0.1, 0.15) is 50.9 Å². The molecule has 0 bridgehead atoms. The molecule has 11 nitrogen and oxygen atoms in total. The number of hydrogen-bond donors (Lipinski definition) is 4. The summed E-state index contributed by atoms with van der Waals surface area (Å²) in [6.45, 7) is 5.37. The van der Waals surface area contributed by atoms with Crippen molar-refractivity contribution in [2.75, 3.05) is 19.6 Å². The first kappa shape index (κ1) is 30.8. The second-order valence-corrected chi connectivity index (χ2v) is 11.3. The number of para-hydroxylation sites is 3. The lowest BCUT2D eigenvalue weighted by Gasteiger charge is -2.23. The molecule has 4 amide bonds. The minimum Gasteiger partial charge on any atom is -0.361 e. The van der Waals surface area contributed by atoms with E-state index >= 15 is 0 Å². The Hall–Kier alpha value is -4.67. The van der Waals surface area contributed by atoms with E-state index in [2.05, 4.69) is 32.4 Å². The lowest BCUT2D eigenvalue weighted by molar-refractivity contribution is -0.132. The van der Waals surface area contributed by atoms with E-state index < -0.39 is 18.0 Å². The van der Waals surface area contributed by atoms with Crippen LogP contribution in [0.15, 0.2) is 54.7 Å². The number of H-pyrrole nitrogens is 1. The van der Waals surface area contributed by atoms with Gasteiger partial charge in [0, 0.05) is 69.0 Å². The number of carbonyl (C=O) groups is 4. The summed E-state index contributed by atoms with van der Waals surface area (Å²) < 4.78 is 2.10. The number of carbonyl (C=O) groups excluding carboxylic acids is 4. The maximum Gasteiger partial charge on any atom is 0.242 e. The monoisotopic (exact) mass is 599 g/mol. The molecule has 0 unspecified atom stereocenters. The molecule has 4 N–H and O–H groups in total. The summed E-state index contributed by atoms with van der Waals surface area (Å²) in [5, 5.41) is 9.51. The molecule has 5 rings (SSSR count). The highest BCUT2D eigenvalue weighted by atomic mass is 16.2. The second-order valence-electron chi connectivity index (χ2n) is 11.3. The van der Waals surface area contributed by atoms with E-state index in [9.17, 15) is 19.2 Å². The smallest absolute Gasteiger partial charge is 0.242 e. The predicted octanol–water partition coefficient (Wildman–Crippen LogP) is 2.83. The summed E-state index contributed by atoms with van der Waals surface area (Å²) in [6.07, 6.45) is 4.40. The van der Waals surface area contributed by atoms with Gasteiger partial charge in [0.1, 0.15) is 17.9 Å². The molecule has 4 aromatic rings. The van der Waals surface area contributed by atoms with Crippen molar-refractivity contribution in [1.29, 1.82) is 0 Å². The standard InChI is InChI=1S/C33H41N7O4/c1-3-29-37-26-12-6-7-13-28(26)40(29)19-15-31(42)39-17-8-14-30(41)36-22(2)32(43)38-27(33(44)34-16-9-18-39)20-23-21-35-25-11-5-4-10-24(23)25/h4-7,10-13,21-22,27,35H,3,8-9,14-20H2,1-2H3,(H,34,44)(H,36,41)(H,38,43)/t22-,27+/m0/s1. The molecule has 11 heteroatoms. The predicted molar refractivity (Wildman–Crippen MR) is 169 cm³/mol. The van der Waals surface area contributed by atoms with Crippen LogP contribution < -0.4 is 16.0 Å². The van der Waals surface area contributed by atoms with Crippen molar-refractivity contribution in [2.45, 2.75) is 71.0 Å². The van der Waals surface area contributed by atoms with Crippen molar-refractivity contribution < 1.29 is 19.2 Å². The number of aromatic amines is 1. The molecule has 0 spiro atoms. The zero-order valence-corrected chi connectivity index (χ0v) is 25.4. The normalized spacial score (nSPS) is 19.2. The first-order valence-corrected chi connectivity index (χ1v) is 15.5. The summed E-state index contributed by atoms with van der Waals surface area (Å²) in [7, 11) is 0. The highest BCUT2D eigenvalue weighted by Crippen LogP contribution is 2.20. The fourth-order valence-corrected chi connectivity index (χ4v) is 5.81. The molecule has 232 valence electrons. The lowest BCUT2D eigenvalue weighted by atomic mass is 10.0. The van der Waals surface area contributed by atoms with E-state index in [0.29, 0.717) is 45.4 Å². The highest BCUT2D eigenvalue weighted by molar-refractivity contribution is 5.93. The molecule has 2 aromatic carbocycles. The van der Waals surface area contributed by atoms with Crippen molar-refractivity contribution in [3.8, 4) is 0 Å². The lowest BCUT2D eigenvalue weighted by Crippen LogP contribution is -2.53. The summed E-state index contributed by atoms with van der Waals surface area (Å²) in [5.41, 5.74) is 3.78. The zero-order valence-electron chi connectivity index (χ0n) is 25.4. The number of amides is 4. The quantitative estimate of drug-likeness (QED) is 0.270. The molecule has 1 aliphatic rings. The van der Waals surface area contributed by atoms with Gasteiger partial charge < -0.3 is 30.4 Å². The van der Waals surface area contributed by atoms with Gasteiger partial charge in [0.15, 0.2) is 0 Å². The molecule has 0 radical (unpaired) electrons. The zero-order chi connectivity index (χ0) is 31.1. The van der Waals surface area contributed by atoms with Gasteiger partial charge in [-0.1, -0.05) is 37.3 Å². The summed E-state index contributed by atoms with van der Waals surface area (Å²) in [4.78, 5) is 62.2. The number of aryl methyl sites for hydroxylation is 2. The molecule has 0 aliphatic carbocycles. The van der Waals surface area contributed by atoms with Gasteiger partial charge in [0.05, 0.1) is 11.0 Å². The number of fused-ring (bicyclic) bond motifs is 2. The fraction of sp³-hybridized carbons (Fsp3) is 0.424. The Kier molecular flexibility index (Phi) is 9.93. The number of aromatic nitrogens is 3. The van der Waals surface area contributed by atoms with E-state index in [0.717, 1.165) is 39.7 Å². The molecule has 2 atom stereocenters. The molecule has 1 fully saturated rings. The Balaban J connectivity index is 1.26. The van der Waals surface area contributed by atoms with Gasteiger partial charge in [-0.2, -0.15) is 0 Å². The Morgan fingerprint density at radius 1 is 0.977 bits per heavy atom. The number of nitrogens with one attached hydrogen (secondary N) is 4. The van der Waals surface area contributed by atoms with Crippen molar-refractivity contribution in [3.63, 3.8) is 0 Å². The Morgan fingerprint density at radius 3 is 2.59 bits per heavy atom. The Bertz CT molecular complexity index is 1640. The van der Waals surface area contributed by atoms with Crippen molar-refractivity contribution in [2.24, 2.45) is 0 Å². The molecule has 44 heavy (non-hydrogen) atoms. The minimum atomic E-state index is -0.832. The van der Waals surface area contributed by atoms with Crippen molar-refractivity contribution in [3.05, 3.63) is 66.1 Å². The average molecular weight is 600 g/mol. The van der Waals surface area contributed by atoms with Crippen LogP contribution in [0.3, 0.4) is 0 Å². The van der Waals surface area contributed by atoms with Gasteiger partial charge in [-0.3, -0.25) is 19.2 Å². The first-order chi connectivity index (χ1) is 21.3. The fourth-order valence-electron chi connectivity index (χ4n) is 5.81. The van der Waals surface area contributed by atoms with Gasteiger partial charge in [-0.05, 0) is 43.5 Å². The molecular weight excluding hydrogens is 558 g/mol. The van der Waals surface area contributed by atoms with Crippen LogP contribution >= 0.6 is 0 Å². The van der Waals surface area contributed by atoms with E-state index in [1.807, 2.05) is 54.7 Å². The van der Waals surface area contributed by atoms with Crippen LogP contribution in [-0.4, -0.2) is 74.8 Å². The van der Waals surface area contributed by atoms with E-state index in [1.165, 1.54) is 0 Å². The number of imidazole rings is 1. The second kappa shape index (κ2) is 14.2. The van der Waals surface area contributed by atoms with Crippen LogP contribution in [0, 0.1) is 0 Å². The molecule has 0 saturated carbocycles. The summed E-state index contributed by atoms with van der Waals surface area (Å²) in [5.74, 6) is -0.0827. The van der Waals surface area contributed by atoms with Crippen LogP contribution in [0.25, 0.3) is 21.9 Å². The van der Waals surface area contributed by atoms with Crippen LogP contribution in [0.2, 0.25) is 0 Å². The van der Waals surface area contributed by atoms with Crippen LogP contribution in [0.4, 0.5) is 0 Å². The third-order valence-electron chi connectivity index (χ3n) is 8.19. The number of hydrogen-bond acceptors (Lipinski definition) is 5. The summed E-state index contributed by atoms with van der Waals surface area (Å²) >= 11 is 0. The highest BCUT2D eigenvalue weighted by Gasteiger charge is 2.26. The number of benzene rings is 2. The van der Waals surface area contributed by atoms with Crippen LogP contribution in [-0.2, 0) is 38.6 Å². The van der Waals surface area contributed by atoms with E-state index in [4.69, 9.17) is 4.98 Å². The average Bonchev–Trinajstić information content (AvgIpc) is 3.60. The van der Waals surface area contributed by atoms with Crippen LogP contribution in [0.5, 0.6) is 0 Å². The van der Waals surface area contributed by atoms with Gasteiger partial charge in [0.25, 0.3) is 0 Å². The maximum absolute atomic E-state index is 13.4. The topological polar surface area (TPSA) is 141 Å². The van der Waals surface area contributed by atoms with Gasteiger partial charge >= 0.3 is 0 Å². The third-order valence-corrected chi connectivity index (χ3v) is 8.19. The minimum absolute atomic E-state index is 0.0108. The first-order valence-electron chi connectivity index (χ1n) is 15.5. The van der Waals surface area contributed by atoms with E-state index in [-0.39, 0.29) is 30.6 Å². The molecule has 1 saturated heterocycles. The van der Waals surface area contributed by atoms with Crippen molar-refractivity contribution in [1.82, 2.24) is 35.4 Å². The summed E-state index contributed by atoms with van der Waals surface area (Å²) in [6, 6.07) is 14.1. The van der Waals surface area contributed by atoms with Gasteiger partial charge in [-0.25, -0.2) is 4.98 Å². The molecule has 1 aliphatic heterocycles. The molecule has 3 heterocycles. The molecule has 2 aromatic heterocycles. The Morgan fingerprint density at radius 2 is 1.75 bits per heavy atom. The van der Waals surface area contributed by atoms with Crippen molar-refractivity contribution >= 4 is 45.6 Å². The Labute approximate surface area is 256 Å². The maximum atomic E-state index is 13.4. The number of rotatable bonds is 6. The van der Waals surface area contributed by atoms with Gasteiger partial charge in [0.2, 0.25) is 23.6 Å². The van der Waals surface area contributed by atoms with E-state index in [1.54, 1.807) is 11.8 Å².